The Bertz CT molecular complexity index is 813. The molecule has 22 heavy (non-hydrogen) atoms. The van der Waals surface area contributed by atoms with Gasteiger partial charge in [0.1, 0.15) is 0 Å². The number of anilines is 1. The van der Waals surface area contributed by atoms with Crippen molar-refractivity contribution >= 4 is 27.4 Å². The second-order valence-electron chi connectivity index (χ2n) is 4.24. The monoisotopic (exact) mass is 322 g/mol. The number of non-ortho nitro benzene ring substituents is 1. The zero-order valence-electron chi connectivity index (χ0n) is 11.0. The number of sulfonamides is 1. The number of nitro groups is 1. The topological polar surface area (TPSA) is 127 Å². The maximum Gasteiger partial charge on any atom is 0.335 e. The molecule has 9 heteroatoms. The number of hydrogen-bond acceptors (Lipinski definition) is 5. The van der Waals surface area contributed by atoms with Crippen LogP contribution in [0.4, 0.5) is 11.4 Å². The van der Waals surface area contributed by atoms with Gasteiger partial charge in [0.15, 0.2) is 0 Å². The molecule has 0 aliphatic heterocycles. The lowest BCUT2D eigenvalue weighted by molar-refractivity contribution is -0.384. The number of aromatic carboxylic acids is 1. The minimum atomic E-state index is -3.91. The van der Waals surface area contributed by atoms with Crippen molar-refractivity contribution in [2.75, 3.05) is 4.72 Å². The Labute approximate surface area is 125 Å². The molecule has 0 aliphatic carbocycles. The van der Waals surface area contributed by atoms with Gasteiger partial charge in [-0.3, -0.25) is 14.8 Å². The van der Waals surface area contributed by atoms with Crippen molar-refractivity contribution in [3.8, 4) is 0 Å². The van der Waals surface area contributed by atoms with Crippen molar-refractivity contribution in [3.05, 3.63) is 64.2 Å². The summed E-state index contributed by atoms with van der Waals surface area (Å²) in [6, 6.07) is 9.55. The lowest BCUT2D eigenvalue weighted by atomic mass is 10.2. The SMILES string of the molecule is O=C(O)c1ccc(NS(=O)(=O)c2ccc([N+](=O)[O-])cc2)cc1. The third-order valence-corrected chi connectivity index (χ3v) is 4.14. The Hall–Kier alpha value is -2.94. The summed E-state index contributed by atoms with van der Waals surface area (Å²) >= 11 is 0. The lowest BCUT2D eigenvalue weighted by Gasteiger charge is -2.08. The number of benzene rings is 2. The molecule has 0 saturated heterocycles. The summed E-state index contributed by atoms with van der Waals surface area (Å²) in [5, 5.41) is 19.3. The van der Waals surface area contributed by atoms with Crippen LogP contribution in [0.2, 0.25) is 0 Å². The molecular formula is C13H10N2O6S. The van der Waals surface area contributed by atoms with Crippen LogP contribution in [0.3, 0.4) is 0 Å². The van der Waals surface area contributed by atoms with Gasteiger partial charge in [0.2, 0.25) is 0 Å². The minimum Gasteiger partial charge on any atom is -0.478 e. The number of carboxylic acids is 1. The summed E-state index contributed by atoms with van der Waals surface area (Å²) < 4.78 is 26.5. The Balaban J connectivity index is 2.23. The molecule has 0 heterocycles. The quantitative estimate of drug-likeness (QED) is 0.641. The van der Waals surface area contributed by atoms with Gasteiger partial charge in [0.25, 0.3) is 15.7 Å². The van der Waals surface area contributed by atoms with Gasteiger partial charge in [-0.25, -0.2) is 13.2 Å². The van der Waals surface area contributed by atoms with Crippen molar-refractivity contribution in [2.24, 2.45) is 0 Å². The molecule has 0 spiro atoms. The standard InChI is InChI=1S/C13H10N2O6S/c16-13(17)9-1-3-10(4-2-9)14-22(20,21)12-7-5-11(6-8-12)15(18)19/h1-8,14H,(H,16,17). The third-order valence-electron chi connectivity index (χ3n) is 2.74. The van der Waals surface area contributed by atoms with E-state index in [9.17, 15) is 23.3 Å². The molecule has 2 N–H and O–H groups in total. The molecule has 8 nitrogen and oxygen atoms in total. The first-order valence-electron chi connectivity index (χ1n) is 5.90. The number of nitrogens with zero attached hydrogens (tertiary/aromatic N) is 1. The number of carbonyl (C=O) groups is 1. The first kappa shape index (κ1) is 15.4. The zero-order valence-corrected chi connectivity index (χ0v) is 11.8. The number of hydrogen-bond donors (Lipinski definition) is 2. The van der Waals surface area contributed by atoms with E-state index in [1.165, 1.54) is 24.3 Å². The van der Waals surface area contributed by atoms with Crippen LogP contribution >= 0.6 is 0 Å². The molecule has 114 valence electrons. The van der Waals surface area contributed by atoms with E-state index >= 15 is 0 Å². The van der Waals surface area contributed by atoms with Crippen LogP contribution < -0.4 is 4.72 Å². The Morgan fingerprint density at radius 3 is 2.05 bits per heavy atom. The molecule has 0 atom stereocenters. The van der Waals surface area contributed by atoms with Gasteiger partial charge < -0.3 is 5.11 Å². The fraction of sp³-hybridized carbons (Fsp3) is 0. The van der Waals surface area contributed by atoms with E-state index in [1.54, 1.807) is 0 Å². The van der Waals surface area contributed by atoms with Gasteiger partial charge >= 0.3 is 5.97 Å². The highest BCUT2D eigenvalue weighted by molar-refractivity contribution is 7.92. The number of nitro benzene ring substituents is 1. The number of rotatable bonds is 5. The Kier molecular flexibility index (Phi) is 4.08. The second-order valence-corrected chi connectivity index (χ2v) is 5.92. The number of carboxylic acid groups (broad SMARTS) is 1. The van der Waals surface area contributed by atoms with E-state index in [4.69, 9.17) is 5.11 Å². The zero-order chi connectivity index (χ0) is 16.3. The van der Waals surface area contributed by atoms with E-state index in [0.717, 1.165) is 24.3 Å². The molecule has 0 unspecified atom stereocenters. The molecule has 0 radical (unpaired) electrons. The second kappa shape index (κ2) is 5.82. The average molecular weight is 322 g/mol. The lowest BCUT2D eigenvalue weighted by Crippen LogP contribution is -2.13. The van der Waals surface area contributed by atoms with Crippen LogP contribution in [-0.4, -0.2) is 24.4 Å². The summed E-state index contributed by atoms with van der Waals surface area (Å²) in [5.41, 5.74) is -0.00797. The maximum absolute atomic E-state index is 12.1. The minimum absolute atomic E-state index is 0.0262. The summed E-state index contributed by atoms with van der Waals surface area (Å²) in [6.07, 6.45) is 0. The predicted molar refractivity (Wildman–Crippen MR) is 77.3 cm³/mol. The van der Waals surface area contributed by atoms with Gasteiger partial charge in [0.05, 0.1) is 15.4 Å². The first-order chi connectivity index (χ1) is 10.3. The van der Waals surface area contributed by atoms with Crippen LogP contribution in [0.5, 0.6) is 0 Å². The van der Waals surface area contributed by atoms with Crippen molar-refractivity contribution in [3.63, 3.8) is 0 Å². The average Bonchev–Trinajstić information content (AvgIpc) is 2.47. The normalized spacial score (nSPS) is 10.9. The Morgan fingerprint density at radius 1 is 1.05 bits per heavy atom. The van der Waals surface area contributed by atoms with E-state index < -0.39 is 20.9 Å². The molecular weight excluding hydrogens is 312 g/mol. The fourth-order valence-corrected chi connectivity index (χ4v) is 2.70. The van der Waals surface area contributed by atoms with Gasteiger partial charge in [-0.2, -0.15) is 0 Å². The van der Waals surface area contributed by atoms with E-state index in [0.29, 0.717) is 0 Å². The highest BCUT2D eigenvalue weighted by Crippen LogP contribution is 2.19. The third kappa shape index (κ3) is 3.38. The molecule has 0 fully saturated rings. The van der Waals surface area contributed by atoms with Crippen LogP contribution in [0, 0.1) is 10.1 Å². The predicted octanol–water partition coefficient (Wildman–Crippen LogP) is 2.09. The van der Waals surface area contributed by atoms with E-state index in [-0.39, 0.29) is 21.8 Å². The van der Waals surface area contributed by atoms with Crippen LogP contribution in [0.25, 0.3) is 0 Å². The molecule has 2 aromatic rings. The highest BCUT2D eigenvalue weighted by Gasteiger charge is 2.16. The van der Waals surface area contributed by atoms with Crippen molar-refractivity contribution in [2.45, 2.75) is 4.90 Å². The molecule has 0 aromatic heterocycles. The molecule has 0 saturated carbocycles. The highest BCUT2D eigenvalue weighted by atomic mass is 32.2. The van der Waals surface area contributed by atoms with Crippen molar-refractivity contribution in [1.29, 1.82) is 0 Å². The van der Waals surface area contributed by atoms with Gasteiger partial charge in [-0.15, -0.1) is 0 Å². The Morgan fingerprint density at radius 2 is 1.59 bits per heavy atom. The smallest absolute Gasteiger partial charge is 0.335 e. The molecule has 2 rings (SSSR count). The van der Waals surface area contributed by atoms with Gasteiger partial charge in [-0.05, 0) is 36.4 Å². The summed E-state index contributed by atoms with van der Waals surface area (Å²) in [7, 11) is -3.91. The molecule has 0 amide bonds. The van der Waals surface area contributed by atoms with Crippen molar-refractivity contribution < 1.29 is 23.2 Å². The van der Waals surface area contributed by atoms with Gasteiger partial charge in [0, 0.05) is 17.8 Å². The van der Waals surface area contributed by atoms with E-state index in [2.05, 4.69) is 4.72 Å². The van der Waals surface area contributed by atoms with E-state index in [1.807, 2.05) is 0 Å². The summed E-state index contributed by atoms with van der Waals surface area (Å²) in [5.74, 6) is -1.12. The van der Waals surface area contributed by atoms with Crippen LogP contribution in [0.1, 0.15) is 10.4 Å². The first-order valence-corrected chi connectivity index (χ1v) is 7.38. The van der Waals surface area contributed by atoms with Gasteiger partial charge in [-0.1, -0.05) is 0 Å². The van der Waals surface area contributed by atoms with Crippen LogP contribution in [0.15, 0.2) is 53.4 Å². The summed E-state index contributed by atoms with van der Waals surface area (Å²) in [4.78, 5) is 20.5. The van der Waals surface area contributed by atoms with Crippen LogP contribution in [-0.2, 0) is 10.0 Å². The van der Waals surface area contributed by atoms with Crippen molar-refractivity contribution in [1.82, 2.24) is 0 Å². The summed E-state index contributed by atoms with van der Waals surface area (Å²) in [6.45, 7) is 0. The maximum atomic E-state index is 12.1. The number of nitrogens with one attached hydrogen (secondary N) is 1. The molecule has 2 aromatic carbocycles. The molecule has 0 bridgehead atoms. The fourth-order valence-electron chi connectivity index (χ4n) is 1.64. The largest absolute Gasteiger partial charge is 0.478 e. The molecule has 0 aliphatic rings.